The van der Waals surface area contributed by atoms with Crippen molar-refractivity contribution in [2.45, 2.75) is 6.92 Å². The second kappa shape index (κ2) is 4.37. The van der Waals surface area contributed by atoms with E-state index in [1.54, 1.807) is 6.92 Å². The predicted octanol–water partition coefficient (Wildman–Crippen LogP) is 1.35. The Hall–Kier alpha value is -0.680. The molecule has 0 spiro atoms. The van der Waals surface area contributed by atoms with Crippen molar-refractivity contribution in [1.82, 2.24) is 9.59 Å². The highest BCUT2D eigenvalue weighted by Gasteiger charge is 2.11. The summed E-state index contributed by atoms with van der Waals surface area (Å²) in [5.41, 5.74) is 0. The molecule has 1 N–H and O–H groups in total. The van der Waals surface area contributed by atoms with Crippen LogP contribution in [0.1, 0.15) is 6.92 Å². The molecule has 1 rings (SSSR count). The van der Waals surface area contributed by atoms with Gasteiger partial charge < -0.3 is 5.32 Å². The first-order valence-electron chi connectivity index (χ1n) is 3.38. The molecular weight excluding hydrogens is 198 g/mol. The summed E-state index contributed by atoms with van der Waals surface area (Å²) in [4.78, 5) is 11.2. The van der Waals surface area contributed by atoms with Crippen LogP contribution < -0.4 is 5.32 Å². The van der Waals surface area contributed by atoms with Crippen molar-refractivity contribution >= 4 is 34.0 Å². The molecule has 6 heteroatoms. The van der Waals surface area contributed by atoms with Gasteiger partial charge >= 0.3 is 0 Å². The molecule has 0 aromatic carbocycles. The van der Waals surface area contributed by atoms with E-state index in [1.165, 1.54) is 6.20 Å². The normalized spacial score (nSPS) is 12.5. The summed E-state index contributed by atoms with van der Waals surface area (Å²) in [6.45, 7) is 1.76. The van der Waals surface area contributed by atoms with Gasteiger partial charge in [0.25, 0.3) is 0 Å². The first kappa shape index (κ1) is 9.41. The van der Waals surface area contributed by atoms with E-state index in [1.807, 2.05) is 0 Å². The topological polar surface area (TPSA) is 54.9 Å². The van der Waals surface area contributed by atoms with E-state index in [4.69, 9.17) is 11.6 Å². The summed E-state index contributed by atoms with van der Waals surface area (Å²) in [6, 6.07) is 0. The third kappa shape index (κ3) is 2.42. The molecule has 0 radical (unpaired) electrons. The monoisotopic (exact) mass is 205 g/mol. The summed E-state index contributed by atoms with van der Waals surface area (Å²) in [7, 11) is 0. The van der Waals surface area contributed by atoms with Gasteiger partial charge in [0.1, 0.15) is 5.00 Å². The molecule has 66 valence electrons. The Kier molecular flexibility index (Phi) is 3.43. The van der Waals surface area contributed by atoms with E-state index in [-0.39, 0.29) is 11.8 Å². The van der Waals surface area contributed by atoms with E-state index >= 15 is 0 Å². The zero-order chi connectivity index (χ0) is 8.97. The zero-order valence-electron chi connectivity index (χ0n) is 6.45. The Labute approximate surface area is 79.1 Å². The lowest BCUT2D eigenvalue weighted by Crippen LogP contribution is -2.20. The first-order chi connectivity index (χ1) is 5.74. The number of hydrogen-bond acceptors (Lipinski definition) is 4. The number of nitrogens with one attached hydrogen (secondary N) is 1. The molecule has 0 saturated heterocycles. The molecule has 1 aromatic rings. The lowest BCUT2D eigenvalue weighted by Gasteiger charge is -2.05. The zero-order valence-corrected chi connectivity index (χ0v) is 8.02. The lowest BCUT2D eigenvalue weighted by molar-refractivity contribution is -0.118. The predicted molar refractivity (Wildman–Crippen MR) is 48.4 cm³/mol. The fourth-order valence-electron chi connectivity index (χ4n) is 0.537. The van der Waals surface area contributed by atoms with E-state index in [2.05, 4.69) is 14.9 Å². The second-order valence-electron chi connectivity index (χ2n) is 2.33. The van der Waals surface area contributed by atoms with Crippen molar-refractivity contribution in [2.75, 3.05) is 11.2 Å². The number of alkyl halides is 1. The molecule has 0 bridgehead atoms. The van der Waals surface area contributed by atoms with Crippen LogP contribution in [0.15, 0.2) is 6.20 Å². The highest BCUT2D eigenvalue weighted by atomic mass is 35.5. The highest BCUT2D eigenvalue weighted by Crippen LogP contribution is 2.11. The van der Waals surface area contributed by atoms with Crippen molar-refractivity contribution in [3.63, 3.8) is 0 Å². The molecule has 4 nitrogen and oxygen atoms in total. The number of carbonyl (C=O) groups excluding carboxylic acids is 1. The van der Waals surface area contributed by atoms with Gasteiger partial charge in [0, 0.05) is 23.3 Å². The molecule has 0 aliphatic rings. The molecule has 0 fully saturated rings. The number of amides is 1. The maximum Gasteiger partial charge on any atom is 0.229 e. The summed E-state index contributed by atoms with van der Waals surface area (Å²) in [5.74, 6) is 0.0303. The van der Waals surface area contributed by atoms with Crippen LogP contribution >= 0.6 is 23.1 Å². The summed E-state index contributed by atoms with van der Waals surface area (Å²) < 4.78 is 3.60. The van der Waals surface area contributed by atoms with E-state index in [0.29, 0.717) is 10.9 Å². The van der Waals surface area contributed by atoms with Crippen molar-refractivity contribution in [1.29, 1.82) is 0 Å². The van der Waals surface area contributed by atoms with Gasteiger partial charge in [-0.25, -0.2) is 0 Å². The molecule has 1 unspecified atom stereocenters. The van der Waals surface area contributed by atoms with Crippen LogP contribution in [0.5, 0.6) is 0 Å². The Morgan fingerprint density at radius 1 is 1.92 bits per heavy atom. The third-order valence-corrected chi connectivity index (χ3v) is 2.33. The van der Waals surface area contributed by atoms with Crippen LogP contribution in [0.3, 0.4) is 0 Å². The number of carbonyl (C=O) groups is 1. The van der Waals surface area contributed by atoms with Crippen LogP contribution in [0.25, 0.3) is 0 Å². The number of aromatic nitrogens is 2. The molecule has 1 aromatic heterocycles. The van der Waals surface area contributed by atoms with Crippen LogP contribution in [0.2, 0.25) is 0 Å². The Morgan fingerprint density at radius 2 is 2.67 bits per heavy atom. The fourth-order valence-corrected chi connectivity index (χ4v) is 1.10. The van der Waals surface area contributed by atoms with Crippen molar-refractivity contribution < 1.29 is 4.79 Å². The van der Waals surface area contributed by atoms with Crippen molar-refractivity contribution in [2.24, 2.45) is 5.92 Å². The van der Waals surface area contributed by atoms with Crippen LogP contribution in [-0.4, -0.2) is 21.4 Å². The SMILES string of the molecule is CC(CCl)C(=O)Nc1cnns1. The Bertz CT molecular complexity index is 251. The van der Waals surface area contributed by atoms with Gasteiger partial charge in [-0.15, -0.1) is 16.7 Å². The van der Waals surface area contributed by atoms with Gasteiger partial charge in [-0.2, -0.15) is 0 Å². The van der Waals surface area contributed by atoms with Gasteiger partial charge in [0.2, 0.25) is 5.91 Å². The molecule has 1 heterocycles. The standard InChI is InChI=1S/C6H8ClN3OS/c1-4(2-7)6(11)9-5-3-8-10-12-5/h3-4H,2H2,1H3,(H,9,11). The molecule has 1 atom stereocenters. The van der Waals surface area contributed by atoms with Gasteiger partial charge in [0.05, 0.1) is 6.20 Å². The van der Waals surface area contributed by atoms with Gasteiger partial charge in [-0.1, -0.05) is 11.4 Å². The second-order valence-corrected chi connectivity index (χ2v) is 3.42. The average molecular weight is 206 g/mol. The third-order valence-electron chi connectivity index (χ3n) is 1.29. The van der Waals surface area contributed by atoms with Gasteiger partial charge in [0.15, 0.2) is 0 Å². The smallest absolute Gasteiger partial charge is 0.229 e. The number of anilines is 1. The Balaban J connectivity index is 2.47. The minimum atomic E-state index is -0.186. The van der Waals surface area contributed by atoms with Gasteiger partial charge in [-0.3, -0.25) is 4.79 Å². The minimum absolute atomic E-state index is 0.101. The summed E-state index contributed by atoms with van der Waals surface area (Å²) in [6.07, 6.45) is 1.50. The fraction of sp³-hybridized carbons (Fsp3) is 0.500. The molecule has 1 amide bonds. The summed E-state index contributed by atoms with van der Waals surface area (Å²) in [5, 5.41) is 6.87. The van der Waals surface area contributed by atoms with Crippen molar-refractivity contribution in [3.8, 4) is 0 Å². The molecule has 0 aliphatic carbocycles. The summed E-state index contributed by atoms with van der Waals surface area (Å²) >= 11 is 6.64. The minimum Gasteiger partial charge on any atom is -0.315 e. The number of nitrogens with zero attached hydrogens (tertiary/aromatic N) is 2. The van der Waals surface area contributed by atoms with Crippen LogP contribution in [-0.2, 0) is 4.79 Å². The van der Waals surface area contributed by atoms with E-state index < -0.39 is 0 Å². The first-order valence-corrected chi connectivity index (χ1v) is 4.69. The van der Waals surface area contributed by atoms with Crippen LogP contribution in [0, 0.1) is 5.92 Å². The molecule has 12 heavy (non-hydrogen) atoms. The van der Waals surface area contributed by atoms with E-state index in [9.17, 15) is 4.79 Å². The van der Waals surface area contributed by atoms with Gasteiger partial charge in [-0.05, 0) is 0 Å². The quantitative estimate of drug-likeness (QED) is 0.758. The number of rotatable bonds is 3. The van der Waals surface area contributed by atoms with E-state index in [0.717, 1.165) is 11.5 Å². The maximum absolute atomic E-state index is 11.2. The number of hydrogen-bond donors (Lipinski definition) is 1. The average Bonchev–Trinajstić information content (AvgIpc) is 2.55. The lowest BCUT2D eigenvalue weighted by atomic mass is 10.2. The maximum atomic E-state index is 11.2. The number of halogens is 1. The molecule has 0 aliphatic heterocycles. The largest absolute Gasteiger partial charge is 0.315 e. The highest BCUT2D eigenvalue weighted by molar-refractivity contribution is 7.10. The molecule has 0 saturated carbocycles. The van der Waals surface area contributed by atoms with Crippen LogP contribution in [0.4, 0.5) is 5.00 Å². The Morgan fingerprint density at radius 3 is 3.17 bits per heavy atom. The molecular formula is C6H8ClN3OS. The van der Waals surface area contributed by atoms with Crippen molar-refractivity contribution in [3.05, 3.63) is 6.20 Å².